The fraction of sp³-hybridized carbons (Fsp3) is 0.138. The van der Waals surface area contributed by atoms with E-state index in [1.54, 1.807) is 48.5 Å². The van der Waals surface area contributed by atoms with Crippen LogP contribution in [-0.4, -0.2) is 28.1 Å². The highest BCUT2D eigenvalue weighted by atomic mass is 32.2. The molecule has 0 radical (unpaired) electrons. The largest absolute Gasteiger partial charge is 0.478 e. The maximum Gasteiger partial charge on any atom is 0.336 e. The van der Waals surface area contributed by atoms with Gasteiger partial charge in [-0.25, -0.2) is 4.79 Å². The number of anilines is 2. The summed E-state index contributed by atoms with van der Waals surface area (Å²) in [6.45, 7) is 5.80. The number of carbonyl (C=O) groups excluding carboxylic acids is 2. The lowest BCUT2D eigenvalue weighted by molar-refractivity contribution is -0.115. The van der Waals surface area contributed by atoms with Crippen molar-refractivity contribution < 1.29 is 19.5 Å². The average Bonchev–Trinajstić information content (AvgIpc) is 2.85. The van der Waals surface area contributed by atoms with Crippen LogP contribution in [-0.2, 0) is 4.79 Å². The number of amides is 2. The molecule has 0 saturated carbocycles. The zero-order valence-electron chi connectivity index (χ0n) is 20.2. The third kappa shape index (κ3) is 5.58. The zero-order chi connectivity index (χ0) is 25.8. The molecule has 36 heavy (non-hydrogen) atoms. The van der Waals surface area contributed by atoms with Gasteiger partial charge in [0.1, 0.15) is 0 Å². The fourth-order valence-corrected chi connectivity index (χ4v) is 4.93. The number of nitrogens with one attached hydrogen (secondary N) is 2. The van der Waals surface area contributed by atoms with Crippen LogP contribution < -0.4 is 10.6 Å². The lowest BCUT2D eigenvalue weighted by Gasteiger charge is -2.15. The lowest BCUT2D eigenvalue weighted by Crippen LogP contribution is -2.22. The van der Waals surface area contributed by atoms with E-state index >= 15 is 0 Å². The number of aryl methyl sites for hydroxylation is 2. The number of hydrogen-bond acceptors (Lipinski definition) is 4. The van der Waals surface area contributed by atoms with Crippen LogP contribution in [0.4, 0.5) is 11.4 Å². The maximum absolute atomic E-state index is 13.1. The monoisotopic (exact) mass is 498 g/mol. The van der Waals surface area contributed by atoms with Gasteiger partial charge in [-0.15, -0.1) is 11.8 Å². The number of rotatable bonds is 7. The number of benzene rings is 4. The minimum atomic E-state index is -1.09. The molecule has 4 rings (SSSR count). The first-order chi connectivity index (χ1) is 17.2. The van der Waals surface area contributed by atoms with Crippen molar-refractivity contribution >= 4 is 51.7 Å². The predicted molar refractivity (Wildman–Crippen MR) is 145 cm³/mol. The Morgan fingerprint density at radius 2 is 1.53 bits per heavy atom. The van der Waals surface area contributed by atoms with Crippen molar-refractivity contribution in [2.24, 2.45) is 0 Å². The van der Waals surface area contributed by atoms with Crippen molar-refractivity contribution in [1.29, 1.82) is 0 Å². The molecule has 0 bridgehead atoms. The van der Waals surface area contributed by atoms with E-state index in [1.807, 2.05) is 45.0 Å². The number of hydrogen-bond donors (Lipinski definition) is 3. The molecule has 0 aliphatic heterocycles. The molecule has 0 heterocycles. The molecule has 0 aromatic heterocycles. The second-order valence-corrected chi connectivity index (χ2v) is 9.98. The molecule has 0 aliphatic rings. The topological polar surface area (TPSA) is 95.5 Å². The average molecular weight is 499 g/mol. The van der Waals surface area contributed by atoms with E-state index in [1.165, 1.54) is 17.8 Å². The number of carboxylic acids is 1. The number of aromatic carboxylic acids is 1. The first kappa shape index (κ1) is 25.0. The van der Waals surface area contributed by atoms with Crippen LogP contribution in [0, 0.1) is 13.8 Å². The highest BCUT2D eigenvalue weighted by Gasteiger charge is 2.18. The van der Waals surface area contributed by atoms with Crippen LogP contribution in [0.15, 0.2) is 83.8 Å². The van der Waals surface area contributed by atoms with E-state index in [-0.39, 0.29) is 22.3 Å². The number of fused-ring (bicyclic) bond motifs is 1. The Labute approximate surface area is 213 Å². The number of thioether (sulfide) groups is 1. The first-order valence-electron chi connectivity index (χ1n) is 11.4. The second kappa shape index (κ2) is 10.7. The molecule has 2 amide bonds. The summed E-state index contributed by atoms with van der Waals surface area (Å²) in [5.41, 5.74) is 3.84. The minimum absolute atomic E-state index is 0.0752. The molecule has 1 atom stereocenters. The first-order valence-corrected chi connectivity index (χ1v) is 12.3. The van der Waals surface area contributed by atoms with Gasteiger partial charge in [0.05, 0.1) is 10.8 Å². The molecule has 182 valence electrons. The quantitative estimate of drug-likeness (QED) is 0.252. The normalized spacial score (nSPS) is 11.6. The summed E-state index contributed by atoms with van der Waals surface area (Å²) in [7, 11) is 0. The van der Waals surface area contributed by atoms with Crippen LogP contribution in [0.2, 0.25) is 0 Å². The van der Waals surface area contributed by atoms with Gasteiger partial charge in [0.15, 0.2) is 0 Å². The van der Waals surface area contributed by atoms with Gasteiger partial charge in [-0.05, 0) is 68.1 Å². The Hall–Kier alpha value is -4.10. The van der Waals surface area contributed by atoms with Gasteiger partial charge >= 0.3 is 5.97 Å². The summed E-state index contributed by atoms with van der Waals surface area (Å²) in [5, 5.41) is 16.1. The molecule has 0 aliphatic carbocycles. The van der Waals surface area contributed by atoms with Crippen LogP contribution in [0.5, 0.6) is 0 Å². The van der Waals surface area contributed by atoms with Gasteiger partial charge in [-0.2, -0.15) is 0 Å². The highest BCUT2D eigenvalue weighted by Crippen LogP contribution is 2.29. The van der Waals surface area contributed by atoms with E-state index in [0.29, 0.717) is 16.5 Å². The van der Waals surface area contributed by atoms with Crippen molar-refractivity contribution in [1.82, 2.24) is 0 Å². The molecule has 4 aromatic carbocycles. The summed E-state index contributed by atoms with van der Waals surface area (Å²) in [6, 6.07) is 23.2. The van der Waals surface area contributed by atoms with Crippen LogP contribution in [0.3, 0.4) is 0 Å². The van der Waals surface area contributed by atoms with Gasteiger partial charge in [0.25, 0.3) is 5.91 Å². The van der Waals surface area contributed by atoms with Crippen molar-refractivity contribution in [2.75, 3.05) is 10.6 Å². The summed E-state index contributed by atoms with van der Waals surface area (Å²) in [6.07, 6.45) is 0. The van der Waals surface area contributed by atoms with E-state index < -0.39 is 11.9 Å². The van der Waals surface area contributed by atoms with Crippen LogP contribution in [0.1, 0.15) is 38.8 Å². The Kier molecular flexibility index (Phi) is 7.41. The molecular weight excluding hydrogens is 472 g/mol. The summed E-state index contributed by atoms with van der Waals surface area (Å²) in [5.74, 6) is -1.61. The Morgan fingerprint density at radius 3 is 2.22 bits per heavy atom. The van der Waals surface area contributed by atoms with Gasteiger partial charge in [0, 0.05) is 27.2 Å². The summed E-state index contributed by atoms with van der Waals surface area (Å²) in [4.78, 5) is 38.4. The van der Waals surface area contributed by atoms with Gasteiger partial charge < -0.3 is 15.7 Å². The van der Waals surface area contributed by atoms with Crippen molar-refractivity contribution in [3.05, 3.63) is 101 Å². The van der Waals surface area contributed by atoms with E-state index in [4.69, 9.17) is 0 Å². The molecular formula is C29H26N2O4S. The summed E-state index contributed by atoms with van der Waals surface area (Å²) >= 11 is 1.38. The fourth-order valence-electron chi connectivity index (χ4n) is 4.00. The zero-order valence-corrected chi connectivity index (χ0v) is 21.0. The van der Waals surface area contributed by atoms with Gasteiger partial charge in [0.2, 0.25) is 5.91 Å². The van der Waals surface area contributed by atoms with E-state index in [9.17, 15) is 19.5 Å². The van der Waals surface area contributed by atoms with Crippen molar-refractivity contribution in [3.63, 3.8) is 0 Å². The van der Waals surface area contributed by atoms with Crippen molar-refractivity contribution in [3.8, 4) is 0 Å². The standard InChI is InChI=1S/C29H26N2O4S/c1-17-13-14-25(18(2)15-17)31-27(32)19(3)36-22-10-6-9-21(16-22)30-28(33)23-11-4-7-20-8-5-12-24(26(20)23)29(34)35/h4-16,19H,1-3H3,(H,30,33)(H,31,32)(H,34,35). The van der Waals surface area contributed by atoms with Crippen molar-refractivity contribution in [2.45, 2.75) is 30.9 Å². The SMILES string of the molecule is Cc1ccc(NC(=O)C(C)Sc2cccc(NC(=O)c3cccc4cccc(C(=O)O)c34)c2)c(C)c1. The Balaban J connectivity index is 1.49. The predicted octanol–water partition coefficient (Wildman–Crippen LogP) is 6.53. The van der Waals surface area contributed by atoms with Crippen LogP contribution in [0.25, 0.3) is 10.8 Å². The molecule has 0 spiro atoms. The van der Waals surface area contributed by atoms with E-state index in [0.717, 1.165) is 21.7 Å². The minimum Gasteiger partial charge on any atom is -0.478 e. The second-order valence-electron chi connectivity index (χ2n) is 8.56. The highest BCUT2D eigenvalue weighted by molar-refractivity contribution is 8.00. The third-order valence-electron chi connectivity index (χ3n) is 5.79. The van der Waals surface area contributed by atoms with Crippen LogP contribution >= 0.6 is 11.8 Å². The molecule has 1 unspecified atom stereocenters. The lowest BCUT2D eigenvalue weighted by atomic mass is 9.98. The molecule has 6 nitrogen and oxygen atoms in total. The van der Waals surface area contributed by atoms with Gasteiger partial charge in [-0.3, -0.25) is 9.59 Å². The maximum atomic E-state index is 13.1. The van der Waals surface area contributed by atoms with Gasteiger partial charge in [-0.1, -0.05) is 48.0 Å². The molecule has 3 N–H and O–H groups in total. The molecule has 4 aromatic rings. The smallest absolute Gasteiger partial charge is 0.336 e. The Morgan fingerprint density at radius 1 is 0.833 bits per heavy atom. The third-order valence-corrected chi connectivity index (χ3v) is 6.89. The Bertz CT molecular complexity index is 1480. The number of carbonyl (C=O) groups is 3. The molecule has 0 saturated heterocycles. The molecule has 0 fully saturated rings. The molecule has 7 heteroatoms. The number of carboxylic acid groups (broad SMARTS) is 1. The van der Waals surface area contributed by atoms with E-state index in [2.05, 4.69) is 10.6 Å². The summed E-state index contributed by atoms with van der Waals surface area (Å²) < 4.78 is 0.